The van der Waals surface area contributed by atoms with Gasteiger partial charge in [-0.25, -0.2) is 14.6 Å². The van der Waals surface area contributed by atoms with Crippen molar-refractivity contribution in [3.05, 3.63) is 35.5 Å². The second-order valence-corrected chi connectivity index (χ2v) is 4.54. The fraction of sp³-hybridized carbons (Fsp3) is 0.364. The average Bonchev–Trinajstić information content (AvgIpc) is 3.00. The first-order chi connectivity index (χ1) is 8.33. The number of aromatic nitrogens is 4. The van der Waals surface area contributed by atoms with Crippen LogP contribution in [0.2, 0.25) is 5.02 Å². The molecule has 1 fully saturated rings. The molecule has 88 valence electrons. The van der Waals surface area contributed by atoms with Crippen molar-refractivity contribution in [3.8, 4) is 5.82 Å². The molecule has 0 bridgehead atoms. The standard InChI is InChI=1S/C11H12ClN5/c12-10-5-15-11(17-7-13-6-16-17)3-8(10)4-14-9-1-2-9/h3,5-7,9,14H,1-2,4H2. The van der Waals surface area contributed by atoms with E-state index in [2.05, 4.69) is 20.4 Å². The van der Waals surface area contributed by atoms with E-state index in [4.69, 9.17) is 11.6 Å². The third kappa shape index (κ3) is 2.45. The Kier molecular flexibility index (Phi) is 2.78. The molecule has 2 aromatic heterocycles. The Morgan fingerprint density at radius 2 is 2.35 bits per heavy atom. The summed E-state index contributed by atoms with van der Waals surface area (Å²) in [4.78, 5) is 8.12. The molecule has 1 aliphatic carbocycles. The summed E-state index contributed by atoms with van der Waals surface area (Å²) in [6.07, 6.45) is 7.28. The van der Waals surface area contributed by atoms with Crippen molar-refractivity contribution < 1.29 is 0 Å². The molecule has 17 heavy (non-hydrogen) atoms. The maximum Gasteiger partial charge on any atom is 0.155 e. The molecule has 0 aliphatic heterocycles. The van der Waals surface area contributed by atoms with Crippen LogP contribution in [-0.4, -0.2) is 25.8 Å². The minimum Gasteiger partial charge on any atom is -0.310 e. The third-order valence-electron chi connectivity index (χ3n) is 2.73. The minimum atomic E-state index is 0.661. The fourth-order valence-electron chi connectivity index (χ4n) is 1.60. The number of rotatable bonds is 4. The topological polar surface area (TPSA) is 55.6 Å². The molecule has 1 aliphatic rings. The molecule has 5 nitrogen and oxygen atoms in total. The Labute approximate surface area is 104 Å². The highest BCUT2D eigenvalue weighted by Gasteiger charge is 2.20. The lowest BCUT2D eigenvalue weighted by molar-refractivity contribution is 0.685. The summed E-state index contributed by atoms with van der Waals surface area (Å²) in [6.45, 7) is 0.772. The zero-order valence-electron chi connectivity index (χ0n) is 9.17. The van der Waals surface area contributed by atoms with E-state index in [1.165, 1.54) is 19.2 Å². The van der Waals surface area contributed by atoms with Crippen LogP contribution in [0.3, 0.4) is 0 Å². The summed E-state index contributed by atoms with van der Waals surface area (Å²) < 4.78 is 1.62. The van der Waals surface area contributed by atoms with Crippen LogP contribution in [-0.2, 0) is 6.54 Å². The highest BCUT2D eigenvalue weighted by atomic mass is 35.5. The molecule has 1 N–H and O–H groups in total. The van der Waals surface area contributed by atoms with E-state index in [9.17, 15) is 0 Å². The number of hydrogen-bond acceptors (Lipinski definition) is 4. The SMILES string of the molecule is Clc1cnc(-n2cncn2)cc1CNC1CC1. The molecular weight excluding hydrogens is 238 g/mol. The maximum absolute atomic E-state index is 6.11. The van der Waals surface area contributed by atoms with Crippen molar-refractivity contribution in [2.24, 2.45) is 0 Å². The maximum atomic E-state index is 6.11. The van der Waals surface area contributed by atoms with Crippen LogP contribution in [0.4, 0.5) is 0 Å². The van der Waals surface area contributed by atoms with E-state index in [0.717, 1.165) is 17.9 Å². The van der Waals surface area contributed by atoms with Gasteiger partial charge in [0.25, 0.3) is 0 Å². The highest BCUT2D eigenvalue weighted by Crippen LogP contribution is 2.22. The first-order valence-corrected chi connectivity index (χ1v) is 5.93. The van der Waals surface area contributed by atoms with Gasteiger partial charge >= 0.3 is 0 Å². The predicted molar refractivity (Wildman–Crippen MR) is 64.0 cm³/mol. The van der Waals surface area contributed by atoms with Gasteiger partial charge in [0.15, 0.2) is 5.82 Å². The summed E-state index contributed by atoms with van der Waals surface area (Å²) in [5.74, 6) is 0.736. The minimum absolute atomic E-state index is 0.661. The Morgan fingerprint density at radius 3 is 3.06 bits per heavy atom. The Balaban J connectivity index is 1.83. The summed E-state index contributed by atoms with van der Waals surface area (Å²) in [6, 6.07) is 2.60. The second-order valence-electron chi connectivity index (χ2n) is 4.13. The molecule has 6 heteroatoms. The van der Waals surface area contributed by atoms with Crippen LogP contribution in [0.5, 0.6) is 0 Å². The molecule has 0 saturated heterocycles. The lowest BCUT2D eigenvalue weighted by Crippen LogP contribution is -2.16. The molecule has 0 aromatic carbocycles. The van der Waals surface area contributed by atoms with Crippen molar-refractivity contribution in [1.29, 1.82) is 0 Å². The van der Waals surface area contributed by atoms with E-state index in [0.29, 0.717) is 11.1 Å². The van der Waals surface area contributed by atoms with Crippen LogP contribution in [0.15, 0.2) is 24.9 Å². The zero-order chi connectivity index (χ0) is 11.7. The lowest BCUT2D eigenvalue weighted by Gasteiger charge is -2.07. The van der Waals surface area contributed by atoms with Gasteiger partial charge in [-0.2, -0.15) is 5.10 Å². The number of pyridine rings is 1. The lowest BCUT2D eigenvalue weighted by atomic mass is 10.2. The quantitative estimate of drug-likeness (QED) is 0.894. The van der Waals surface area contributed by atoms with E-state index in [1.54, 1.807) is 17.2 Å². The van der Waals surface area contributed by atoms with Crippen LogP contribution in [0, 0.1) is 0 Å². The Morgan fingerprint density at radius 1 is 1.47 bits per heavy atom. The Bertz CT molecular complexity index is 507. The van der Waals surface area contributed by atoms with E-state index < -0.39 is 0 Å². The highest BCUT2D eigenvalue weighted by molar-refractivity contribution is 6.31. The predicted octanol–water partition coefficient (Wildman–Crippen LogP) is 1.57. The monoisotopic (exact) mass is 249 g/mol. The van der Waals surface area contributed by atoms with Crippen molar-refractivity contribution in [1.82, 2.24) is 25.1 Å². The van der Waals surface area contributed by atoms with Gasteiger partial charge in [0.05, 0.1) is 5.02 Å². The fourth-order valence-corrected chi connectivity index (χ4v) is 1.77. The zero-order valence-corrected chi connectivity index (χ0v) is 9.93. The van der Waals surface area contributed by atoms with Crippen LogP contribution < -0.4 is 5.32 Å². The first-order valence-electron chi connectivity index (χ1n) is 5.56. The van der Waals surface area contributed by atoms with Gasteiger partial charge in [-0.05, 0) is 24.5 Å². The van der Waals surface area contributed by atoms with E-state index >= 15 is 0 Å². The van der Waals surface area contributed by atoms with E-state index in [-0.39, 0.29) is 0 Å². The summed E-state index contributed by atoms with van der Waals surface area (Å²) >= 11 is 6.11. The van der Waals surface area contributed by atoms with Crippen molar-refractivity contribution in [2.75, 3.05) is 0 Å². The van der Waals surface area contributed by atoms with Crippen molar-refractivity contribution in [2.45, 2.75) is 25.4 Å². The largest absolute Gasteiger partial charge is 0.310 e. The molecule has 0 atom stereocenters. The van der Waals surface area contributed by atoms with Gasteiger partial charge in [0, 0.05) is 18.8 Å². The summed E-state index contributed by atoms with van der Waals surface area (Å²) in [5.41, 5.74) is 1.04. The Hall–Kier alpha value is -1.46. The van der Waals surface area contributed by atoms with E-state index in [1.807, 2.05) is 6.07 Å². The van der Waals surface area contributed by atoms with Gasteiger partial charge in [0.2, 0.25) is 0 Å². The molecule has 2 aromatic rings. The van der Waals surface area contributed by atoms with Crippen molar-refractivity contribution in [3.63, 3.8) is 0 Å². The molecule has 0 amide bonds. The second kappa shape index (κ2) is 4.43. The van der Waals surface area contributed by atoms with Gasteiger partial charge in [0.1, 0.15) is 12.7 Å². The van der Waals surface area contributed by atoms with Gasteiger partial charge in [-0.3, -0.25) is 0 Å². The number of halogens is 1. The van der Waals surface area contributed by atoms with Crippen LogP contribution in [0.1, 0.15) is 18.4 Å². The summed E-state index contributed by atoms with van der Waals surface area (Å²) in [7, 11) is 0. The molecule has 0 radical (unpaired) electrons. The molecule has 1 saturated carbocycles. The van der Waals surface area contributed by atoms with Crippen LogP contribution in [0.25, 0.3) is 5.82 Å². The number of nitrogens with one attached hydrogen (secondary N) is 1. The van der Waals surface area contributed by atoms with Crippen molar-refractivity contribution >= 4 is 11.6 Å². The van der Waals surface area contributed by atoms with Crippen LogP contribution >= 0.6 is 11.6 Å². The van der Waals surface area contributed by atoms with Gasteiger partial charge in [-0.1, -0.05) is 11.6 Å². The molecule has 2 heterocycles. The molecular formula is C11H12ClN5. The first kappa shape index (κ1) is 10.7. The summed E-state index contributed by atoms with van der Waals surface area (Å²) in [5, 5.41) is 8.16. The van der Waals surface area contributed by atoms with Gasteiger partial charge < -0.3 is 5.32 Å². The number of nitrogens with zero attached hydrogens (tertiary/aromatic N) is 4. The normalized spacial score (nSPS) is 15.1. The molecule has 0 spiro atoms. The smallest absolute Gasteiger partial charge is 0.155 e. The average molecular weight is 250 g/mol. The number of hydrogen-bond donors (Lipinski definition) is 1. The van der Waals surface area contributed by atoms with Gasteiger partial charge in [-0.15, -0.1) is 0 Å². The molecule has 0 unspecified atom stereocenters. The molecule has 3 rings (SSSR count). The third-order valence-corrected chi connectivity index (χ3v) is 3.07.